The lowest BCUT2D eigenvalue weighted by Gasteiger charge is -2.11. The van der Waals surface area contributed by atoms with Gasteiger partial charge in [0.2, 0.25) is 0 Å². The maximum atomic E-state index is 10.4. The number of aldehydes is 1. The number of hydrogen-bond donors (Lipinski definition) is 1. The Labute approximate surface area is 62.9 Å². The predicted octanol–water partition coefficient (Wildman–Crippen LogP) is 0.516. The lowest BCUT2D eigenvalue weighted by atomic mass is 10.1. The van der Waals surface area contributed by atoms with E-state index in [9.17, 15) is 4.79 Å². The van der Waals surface area contributed by atoms with Crippen LogP contribution in [0.4, 0.5) is 0 Å². The molecule has 0 bridgehead atoms. The summed E-state index contributed by atoms with van der Waals surface area (Å²) in [6.07, 6.45) is 2.33. The predicted molar refractivity (Wildman–Crippen MR) is 39.7 cm³/mol. The van der Waals surface area contributed by atoms with Crippen LogP contribution in [-0.2, 0) is 10.3 Å². The molecule has 0 unspecified atom stereocenters. The molecule has 0 saturated heterocycles. The lowest BCUT2D eigenvalue weighted by Crippen LogP contribution is -2.34. The smallest absolute Gasteiger partial charge is 0.146 e. The third-order valence-electron chi connectivity index (χ3n) is 1.14. The minimum Gasteiger partial charge on any atom is -0.314 e. The SMILES string of the molecule is C[C@](N)(C=O)c1nccs1. The molecule has 0 aliphatic rings. The quantitative estimate of drug-likeness (QED) is 0.635. The van der Waals surface area contributed by atoms with Gasteiger partial charge in [0.1, 0.15) is 16.8 Å². The monoisotopic (exact) mass is 156 g/mol. The van der Waals surface area contributed by atoms with Crippen molar-refractivity contribution in [3.8, 4) is 0 Å². The summed E-state index contributed by atoms with van der Waals surface area (Å²) in [4.78, 5) is 14.3. The fraction of sp³-hybridized carbons (Fsp3) is 0.333. The van der Waals surface area contributed by atoms with Crippen molar-refractivity contribution >= 4 is 17.6 Å². The Morgan fingerprint density at radius 3 is 3.00 bits per heavy atom. The first-order valence-electron chi connectivity index (χ1n) is 2.82. The van der Waals surface area contributed by atoms with E-state index in [2.05, 4.69) is 4.98 Å². The van der Waals surface area contributed by atoms with E-state index in [-0.39, 0.29) is 0 Å². The van der Waals surface area contributed by atoms with E-state index in [1.54, 1.807) is 18.5 Å². The van der Waals surface area contributed by atoms with Gasteiger partial charge >= 0.3 is 0 Å². The van der Waals surface area contributed by atoms with Crippen LogP contribution in [0.2, 0.25) is 0 Å². The molecule has 1 aromatic heterocycles. The molecular formula is C6H8N2OS. The molecule has 0 radical (unpaired) electrons. The summed E-state index contributed by atoms with van der Waals surface area (Å²) in [5.41, 5.74) is 4.65. The van der Waals surface area contributed by atoms with Gasteiger partial charge in [0.15, 0.2) is 0 Å². The summed E-state index contributed by atoms with van der Waals surface area (Å²) in [6, 6.07) is 0. The summed E-state index contributed by atoms with van der Waals surface area (Å²) >= 11 is 1.39. The van der Waals surface area contributed by atoms with Gasteiger partial charge in [-0.2, -0.15) is 0 Å². The van der Waals surface area contributed by atoms with Crippen LogP contribution < -0.4 is 5.73 Å². The van der Waals surface area contributed by atoms with Crippen molar-refractivity contribution in [2.45, 2.75) is 12.5 Å². The second-order valence-corrected chi connectivity index (χ2v) is 3.13. The lowest BCUT2D eigenvalue weighted by molar-refractivity contribution is -0.112. The van der Waals surface area contributed by atoms with Crippen molar-refractivity contribution < 1.29 is 4.79 Å². The maximum Gasteiger partial charge on any atom is 0.146 e. The summed E-state index contributed by atoms with van der Waals surface area (Å²) in [7, 11) is 0. The van der Waals surface area contributed by atoms with Crippen molar-refractivity contribution in [3.63, 3.8) is 0 Å². The molecule has 4 heteroatoms. The van der Waals surface area contributed by atoms with Gasteiger partial charge < -0.3 is 10.5 Å². The van der Waals surface area contributed by atoms with Crippen molar-refractivity contribution in [2.24, 2.45) is 5.73 Å². The van der Waals surface area contributed by atoms with Crippen LogP contribution in [0.25, 0.3) is 0 Å². The molecular weight excluding hydrogens is 148 g/mol. The van der Waals surface area contributed by atoms with Gasteiger partial charge in [-0.15, -0.1) is 11.3 Å². The highest BCUT2D eigenvalue weighted by Crippen LogP contribution is 2.16. The number of carbonyl (C=O) groups is 1. The van der Waals surface area contributed by atoms with Gasteiger partial charge in [-0.1, -0.05) is 0 Å². The van der Waals surface area contributed by atoms with E-state index in [0.29, 0.717) is 11.3 Å². The Balaban J connectivity index is 2.95. The first-order chi connectivity index (χ1) is 4.67. The van der Waals surface area contributed by atoms with Crippen LogP contribution in [0, 0.1) is 0 Å². The van der Waals surface area contributed by atoms with E-state index in [0.717, 1.165) is 0 Å². The molecule has 1 aromatic rings. The second-order valence-electron chi connectivity index (χ2n) is 2.24. The summed E-state index contributed by atoms with van der Waals surface area (Å²) in [6.45, 7) is 1.64. The van der Waals surface area contributed by atoms with E-state index in [4.69, 9.17) is 5.73 Å². The van der Waals surface area contributed by atoms with Crippen LogP contribution in [0.15, 0.2) is 11.6 Å². The standard InChI is InChI=1S/C6H8N2OS/c1-6(7,4-9)5-8-2-3-10-5/h2-4H,7H2,1H3/t6-/m0/s1. The number of thiazole rings is 1. The average Bonchev–Trinajstić information content (AvgIpc) is 2.38. The van der Waals surface area contributed by atoms with Gasteiger partial charge in [0.25, 0.3) is 0 Å². The minimum atomic E-state index is -0.909. The molecule has 0 fully saturated rings. The van der Waals surface area contributed by atoms with E-state index < -0.39 is 5.54 Å². The van der Waals surface area contributed by atoms with E-state index in [1.165, 1.54) is 11.3 Å². The molecule has 3 nitrogen and oxygen atoms in total. The highest BCUT2D eigenvalue weighted by molar-refractivity contribution is 7.09. The van der Waals surface area contributed by atoms with E-state index >= 15 is 0 Å². The Morgan fingerprint density at radius 1 is 1.90 bits per heavy atom. The number of aromatic nitrogens is 1. The van der Waals surface area contributed by atoms with Crippen molar-refractivity contribution in [1.29, 1.82) is 0 Å². The fourth-order valence-corrected chi connectivity index (χ4v) is 1.21. The first-order valence-corrected chi connectivity index (χ1v) is 3.70. The molecule has 0 amide bonds. The zero-order valence-corrected chi connectivity index (χ0v) is 6.39. The number of carbonyl (C=O) groups excluding carboxylic acids is 1. The third kappa shape index (κ3) is 1.22. The molecule has 1 atom stereocenters. The van der Waals surface area contributed by atoms with Crippen LogP contribution in [0.5, 0.6) is 0 Å². The van der Waals surface area contributed by atoms with E-state index in [1.807, 2.05) is 0 Å². The Morgan fingerprint density at radius 2 is 2.60 bits per heavy atom. The summed E-state index contributed by atoms with van der Waals surface area (Å²) in [5, 5.41) is 2.45. The van der Waals surface area contributed by atoms with Gasteiger partial charge in [-0.25, -0.2) is 4.98 Å². The molecule has 0 aliphatic carbocycles. The molecule has 0 saturated carbocycles. The van der Waals surface area contributed by atoms with Crippen molar-refractivity contribution in [1.82, 2.24) is 4.98 Å². The van der Waals surface area contributed by atoms with Crippen LogP contribution in [0.1, 0.15) is 11.9 Å². The number of rotatable bonds is 2. The first kappa shape index (κ1) is 7.37. The molecule has 54 valence electrons. The fourth-order valence-electron chi connectivity index (χ4n) is 0.540. The maximum absolute atomic E-state index is 10.4. The van der Waals surface area contributed by atoms with Gasteiger partial charge in [-0.3, -0.25) is 0 Å². The Kier molecular flexibility index (Phi) is 1.82. The number of nitrogens with two attached hydrogens (primary N) is 1. The molecule has 1 rings (SSSR count). The summed E-state index contributed by atoms with van der Waals surface area (Å²) < 4.78 is 0. The van der Waals surface area contributed by atoms with Crippen molar-refractivity contribution in [2.75, 3.05) is 0 Å². The minimum absolute atomic E-state index is 0.655. The van der Waals surface area contributed by atoms with Gasteiger partial charge in [0, 0.05) is 11.6 Å². The van der Waals surface area contributed by atoms with Gasteiger partial charge in [-0.05, 0) is 6.92 Å². The summed E-state index contributed by atoms with van der Waals surface area (Å²) in [5.74, 6) is 0. The van der Waals surface area contributed by atoms with Crippen LogP contribution >= 0.6 is 11.3 Å². The third-order valence-corrected chi connectivity index (χ3v) is 2.16. The zero-order chi connectivity index (χ0) is 7.61. The molecule has 2 N–H and O–H groups in total. The number of hydrogen-bond acceptors (Lipinski definition) is 4. The van der Waals surface area contributed by atoms with Crippen LogP contribution in [0.3, 0.4) is 0 Å². The zero-order valence-electron chi connectivity index (χ0n) is 5.57. The largest absolute Gasteiger partial charge is 0.314 e. The molecule has 10 heavy (non-hydrogen) atoms. The Hall–Kier alpha value is -0.740. The normalized spacial score (nSPS) is 16.2. The van der Waals surface area contributed by atoms with Crippen LogP contribution in [-0.4, -0.2) is 11.3 Å². The molecule has 0 aliphatic heterocycles. The Bertz CT molecular complexity index is 218. The van der Waals surface area contributed by atoms with Crippen molar-refractivity contribution in [3.05, 3.63) is 16.6 Å². The average molecular weight is 156 g/mol. The highest BCUT2D eigenvalue weighted by atomic mass is 32.1. The number of nitrogens with zero attached hydrogens (tertiary/aromatic N) is 1. The topological polar surface area (TPSA) is 56.0 Å². The molecule has 0 spiro atoms. The molecule has 1 heterocycles. The molecule has 0 aromatic carbocycles. The highest BCUT2D eigenvalue weighted by Gasteiger charge is 2.22. The second kappa shape index (κ2) is 2.48. The van der Waals surface area contributed by atoms with Gasteiger partial charge in [0.05, 0.1) is 0 Å².